The second-order valence-electron chi connectivity index (χ2n) is 6.27. The molecule has 1 aliphatic rings. The van der Waals surface area contributed by atoms with Crippen molar-refractivity contribution in [3.63, 3.8) is 0 Å². The van der Waals surface area contributed by atoms with Gasteiger partial charge in [0.1, 0.15) is 5.75 Å². The van der Waals surface area contributed by atoms with Gasteiger partial charge in [-0.2, -0.15) is 13.2 Å². The van der Waals surface area contributed by atoms with E-state index in [1.165, 1.54) is 18.6 Å². The van der Waals surface area contributed by atoms with Crippen LogP contribution in [0.15, 0.2) is 29.3 Å². The van der Waals surface area contributed by atoms with E-state index in [1.807, 2.05) is 4.90 Å². The highest BCUT2D eigenvalue weighted by Gasteiger charge is 2.28. The topological polar surface area (TPSA) is 66.0 Å². The molecule has 0 aliphatic carbocycles. The molecule has 1 aromatic rings. The van der Waals surface area contributed by atoms with Crippen molar-refractivity contribution in [2.45, 2.75) is 32.0 Å². The van der Waals surface area contributed by atoms with Gasteiger partial charge in [0.05, 0.1) is 6.54 Å². The molecule has 158 valence electrons. The molecule has 0 unspecified atom stereocenters. The molecule has 1 fully saturated rings. The van der Waals surface area contributed by atoms with Crippen molar-refractivity contribution < 1.29 is 22.7 Å². The number of carbonyl (C=O) groups excluding carboxylic acids is 1. The molecule has 1 amide bonds. The van der Waals surface area contributed by atoms with Crippen LogP contribution < -0.4 is 15.4 Å². The molecule has 2 rings (SSSR count). The first kappa shape index (κ1) is 24.3. The largest absolute Gasteiger partial charge is 0.484 e. The molecule has 1 aromatic carbocycles. The number of rotatable bonds is 6. The van der Waals surface area contributed by atoms with E-state index in [2.05, 4.69) is 20.4 Å². The average molecular weight is 514 g/mol. The summed E-state index contributed by atoms with van der Waals surface area (Å²) in [6.45, 7) is 0.873. The van der Waals surface area contributed by atoms with Crippen LogP contribution in [-0.2, 0) is 11.3 Å². The van der Waals surface area contributed by atoms with Crippen molar-refractivity contribution >= 4 is 35.8 Å². The Labute approximate surface area is 179 Å². The van der Waals surface area contributed by atoms with Crippen LogP contribution in [0.5, 0.6) is 5.75 Å². The van der Waals surface area contributed by atoms with Crippen LogP contribution in [0.1, 0.15) is 24.8 Å². The van der Waals surface area contributed by atoms with Gasteiger partial charge < -0.3 is 20.3 Å². The zero-order valence-corrected chi connectivity index (χ0v) is 18.0. The lowest BCUT2D eigenvalue weighted by atomic mass is 10.1. The van der Waals surface area contributed by atoms with Gasteiger partial charge in [-0.3, -0.25) is 9.79 Å². The van der Waals surface area contributed by atoms with E-state index < -0.39 is 12.8 Å². The third kappa shape index (κ3) is 8.98. The summed E-state index contributed by atoms with van der Waals surface area (Å²) in [6, 6.07) is 6.31. The van der Waals surface area contributed by atoms with Crippen LogP contribution in [0.2, 0.25) is 0 Å². The number of guanidine groups is 1. The summed E-state index contributed by atoms with van der Waals surface area (Å²) >= 11 is 0. The first-order valence-electron chi connectivity index (χ1n) is 8.88. The number of hydrogen-bond donors (Lipinski definition) is 2. The molecule has 2 N–H and O–H groups in total. The second kappa shape index (κ2) is 12.0. The van der Waals surface area contributed by atoms with Crippen LogP contribution in [0.25, 0.3) is 0 Å². The van der Waals surface area contributed by atoms with E-state index in [9.17, 15) is 18.0 Å². The first-order chi connectivity index (χ1) is 12.9. The van der Waals surface area contributed by atoms with Crippen LogP contribution >= 0.6 is 24.0 Å². The Bertz CT molecular complexity index is 633. The van der Waals surface area contributed by atoms with Gasteiger partial charge >= 0.3 is 6.18 Å². The van der Waals surface area contributed by atoms with Crippen molar-refractivity contribution in [3.8, 4) is 5.75 Å². The number of amides is 1. The van der Waals surface area contributed by atoms with Crippen molar-refractivity contribution in [3.05, 3.63) is 29.8 Å². The number of alkyl halides is 3. The van der Waals surface area contributed by atoms with Gasteiger partial charge in [0.15, 0.2) is 12.6 Å². The molecular weight excluding hydrogens is 488 g/mol. The molecule has 0 radical (unpaired) electrons. The lowest BCUT2D eigenvalue weighted by Crippen LogP contribution is -2.45. The third-order valence-electron chi connectivity index (χ3n) is 4.13. The fourth-order valence-electron chi connectivity index (χ4n) is 2.69. The fourth-order valence-corrected chi connectivity index (χ4v) is 2.69. The molecule has 0 spiro atoms. The molecule has 10 heteroatoms. The number of hydrogen-bond acceptors (Lipinski definition) is 3. The van der Waals surface area contributed by atoms with Gasteiger partial charge in [-0.05, 0) is 37.0 Å². The molecule has 1 saturated heterocycles. The minimum Gasteiger partial charge on any atom is -0.484 e. The van der Waals surface area contributed by atoms with Crippen LogP contribution in [0, 0.1) is 0 Å². The normalized spacial score (nSPS) is 14.9. The number of carbonyl (C=O) groups is 1. The highest BCUT2D eigenvalue weighted by molar-refractivity contribution is 14.0. The van der Waals surface area contributed by atoms with Crippen molar-refractivity contribution in [2.75, 3.05) is 33.3 Å². The molecule has 0 bridgehead atoms. The number of piperidine rings is 1. The van der Waals surface area contributed by atoms with Crippen LogP contribution in [0.3, 0.4) is 0 Å². The van der Waals surface area contributed by atoms with E-state index in [0.717, 1.165) is 31.5 Å². The van der Waals surface area contributed by atoms with Gasteiger partial charge in [0.25, 0.3) is 0 Å². The molecule has 28 heavy (non-hydrogen) atoms. The molecule has 0 atom stereocenters. The SMILES string of the molecule is CN=C(NCC(=O)N1CCCCC1)NCc1ccc(OCC(F)(F)F)cc1.I. The Kier molecular flexibility index (Phi) is 10.4. The van der Waals surface area contributed by atoms with E-state index in [-0.39, 0.29) is 42.2 Å². The minimum atomic E-state index is -4.36. The number of benzene rings is 1. The van der Waals surface area contributed by atoms with Crippen LogP contribution in [0.4, 0.5) is 13.2 Å². The summed E-state index contributed by atoms with van der Waals surface area (Å²) in [7, 11) is 1.61. The number of halogens is 4. The quantitative estimate of drug-likeness (QED) is 0.348. The molecule has 1 heterocycles. The molecular formula is C18H26F3IN4O2. The lowest BCUT2D eigenvalue weighted by Gasteiger charge is -2.27. The van der Waals surface area contributed by atoms with Crippen molar-refractivity contribution in [2.24, 2.45) is 4.99 Å². The number of likely N-dealkylation sites (tertiary alicyclic amines) is 1. The highest BCUT2D eigenvalue weighted by atomic mass is 127. The Morgan fingerprint density at radius 1 is 1.14 bits per heavy atom. The Hall–Kier alpha value is -1.72. The summed E-state index contributed by atoms with van der Waals surface area (Å²) in [6.07, 6.45) is -1.10. The minimum absolute atomic E-state index is 0. The number of ether oxygens (including phenoxy) is 1. The average Bonchev–Trinajstić information content (AvgIpc) is 2.67. The predicted octanol–water partition coefficient (Wildman–Crippen LogP) is 2.92. The van der Waals surface area contributed by atoms with Gasteiger partial charge in [0, 0.05) is 26.7 Å². The molecule has 1 aliphatic heterocycles. The smallest absolute Gasteiger partial charge is 0.422 e. The number of aliphatic imine (C=N–C) groups is 1. The number of nitrogens with one attached hydrogen (secondary N) is 2. The fraction of sp³-hybridized carbons (Fsp3) is 0.556. The van der Waals surface area contributed by atoms with Crippen molar-refractivity contribution in [1.29, 1.82) is 0 Å². The van der Waals surface area contributed by atoms with Crippen molar-refractivity contribution in [1.82, 2.24) is 15.5 Å². The lowest BCUT2D eigenvalue weighted by molar-refractivity contribution is -0.153. The van der Waals surface area contributed by atoms with E-state index in [1.54, 1.807) is 19.2 Å². The van der Waals surface area contributed by atoms with Gasteiger partial charge in [-0.25, -0.2) is 0 Å². The Morgan fingerprint density at radius 2 is 1.79 bits per heavy atom. The standard InChI is InChI=1S/C18H25F3N4O2.HI/c1-22-17(24-12-16(26)25-9-3-2-4-10-25)23-11-14-5-7-15(8-6-14)27-13-18(19,20)21;/h5-8H,2-4,9-13H2,1H3,(H2,22,23,24);1H. The molecule has 0 aromatic heterocycles. The third-order valence-corrected chi connectivity index (χ3v) is 4.13. The Balaban J connectivity index is 0.00000392. The summed E-state index contributed by atoms with van der Waals surface area (Å²) in [5.74, 6) is 0.687. The van der Waals surface area contributed by atoms with E-state index in [4.69, 9.17) is 0 Å². The maximum Gasteiger partial charge on any atom is 0.422 e. The van der Waals surface area contributed by atoms with Gasteiger partial charge in [0.2, 0.25) is 5.91 Å². The molecule has 0 saturated carbocycles. The predicted molar refractivity (Wildman–Crippen MR) is 112 cm³/mol. The maximum atomic E-state index is 12.1. The second-order valence-corrected chi connectivity index (χ2v) is 6.27. The monoisotopic (exact) mass is 514 g/mol. The zero-order chi connectivity index (χ0) is 19.7. The summed E-state index contributed by atoms with van der Waals surface area (Å²) in [5.41, 5.74) is 0.847. The Morgan fingerprint density at radius 3 is 2.36 bits per heavy atom. The van der Waals surface area contributed by atoms with Crippen LogP contribution in [-0.4, -0.2) is 56.2 Å². The molecule has 6 nitrogen and oxygen atoms in total. The maximum absolute atomic E-state index is 12.1. The van der Waals surface area contributed by atoms with Gasteiger partial charge in [-0.1, -0.05) is 12.1 Å². The zero-order valence-electron chi connectivity index (χ0n) is 15.7. The summed E-state index contributed by atoms with van der Waals surface area (Å²) in [5, 5.41) is 6.05. The summed E-state index contributed by atoms with van der Waals surface area (Å²) < 4.78 is 41.1. The first-order valence-corrected chi connectivity index (χ1v) is 8.88. The van der Waals surface area contributed by atoms with E-state index in [0.29, 0.717) is 12.5 Å². The highest BCUT2D eigenvalue weighted by Crippen LogP contribution is 2.18. The van der Waals surface area contributed by atoms with Gasteiger partial charge in [-0.15, -0.1) is 24.0 Å². The van der Waals surface area contributed by atoms with E-state index >= 15 is 0 Å². The summed E-state index contributed by atoms with van der Waals surface area (Å²) in [4.78, 5) is 18.1. The number of nitrogens with zero attached hydrogens (tertiary/aromatic N) is 2.